The van der Waals surface area contributed by atoms with Crippen LogP contribution < -0.4 is 5.32 Å². The molecule has 0 radical (unpaired) electrons. The van der Waals surface area contributed by atoms with Gasteiger partial charge in [-0.1, -0.05) is 67.1 Å². The number of hydrogen-bond acceptors (Lipinski definition) is 4. The summed E-state index contributed by atoms with van der Waals surface area (Å²) in [7, 11) is 0. The number of para-hydroxylation sites is 1. The molecule has 1 aliphatic rings. The number of fused-ring (bicyclic) bond motifs is 1. The van der Waals surface area contributed by atoms with E-state index in [2.05, 4.69) is 5.32 Å². The number of nitrogens with one attached hydrogen (secondary N) is 1. The topological polar surface area (TPSA) is 86.8 Å². The first kappa shape index (κ1) is 27.1. The molecule has 1 N–H and O–H groups in total. The number of imide groups is 1. The highest BCUT2D eigenvalue weighted by Crippen LogP contribution is 2.33. The van der Waals surface area contributed by atoms with E-state index in [1.807, 2.05) is 32.0 Å². The number of aryl methyl sites for hydroxylation is 2. The highest BCUT2D eigenvalue weighted by molar-refractivity contribution is 6.31. The fourth-order valence-corrected chi connectivity index (χ4v) is 5.21. The van der Waals surface area contributed by atoms with Gasteiger partial charge in [0.25, 0.3) is 17.7 Å². The average Bonchev–Trinajstić information content (AvgIpc) is 3.16. The van der Waals surface area contributed by atoms with E-state index in [1.165, 1.54) is 4.90 Å². The fourth-order valence-electron chi connectivity index (χ4n) is 4.97. The van der Waals surface area contributed by atoms with Gasteiger partial charge in [-0.05, 0) is 56.5 Å². The molecule has 0 bridgehead atoms. The number of likely N-dealkylation sites (N-methyl/N-ethyl adjacent to an activating group) is 1. The number of hydrogen-bond donors (Lipinski definition) is 1. The number of amides is 4. The molecule has 3 aromatic carbocycles. The van der Waals surface area contributed by atoms with Gasteiger partial charge in [-0.3, -0.25) is 24.1 Å². The maximum atomic E-state index is 14.1. The summed E-state index contributed by atoms with van der Waals surface area (Å²) in [6.45, 7) is 7.43. The first-order valence-corrected chi connectivity index (χ1v) is 13.0. The molecule has 0 aliphatic carbocycles. The maximum absolute atomic E-state index is 14.1. The lowest BCUT2D eigenvalue weighted by molar-refractivity contribution is -0.142. The molecule has 38 heavy (non-hydrogen) atoms. The Hall–Kier alpha value is -3.97. The second-order valence-electron chi connectivity index (χ2n) is 9.25. The van der Waals surface area contributed by atoms with Crippen molar-refractivity contribution < 1.29 is 19.2 Å². The summed E-state index contributed by atoms with van der Waals surface area (Å²) in [5.74, 6) is -1.98. The van der Waals surface area contributed by atoms with E-state index in [-0.39, 0.29) is 24.1 Å². The number of rotatable bonds is 8. The predicted molar refractivity (Wildman–Crippen MR) is 147 cm³/mol. The molecule has 4 rings (SSSR count). The van der Waals surface area contributed by atoms with Gasteiger partial charge in [0.2, 0.25) is 5.91 Å². The molecular weight excluding hydrogens is 502 g/mol. The lowest BCUT2D eigenvalue weighted by Gasteiger charge is -2.35. The minimum atomic E-state index is -1.09. The molecule has 0 spiro atoms. The van der Waals surface area contributed by atoms with Gasteiger partial charge in [0, 0.05) is 22.8 Å². The number of carbonyl (C=O) groups is 4. The summed E-state index contributed by atoms with van der Waals surface area (Å²) < 4.78 is 0. The van der Waals surface area contributed by atoms with Gasteiger partial charge in [0.05, 0.1) is 11.1 Å². The first-order chi connectivity index (χ1) is 18.2. The normalized spacial score (nSPS) is 14.2. The van der Waals surface area contributed by atoms with Crippen LogP contribution in [0.15, 0.2) is 66.7 Å². The van der Waals surface area contributed by atoms with Crippen LogP contribution in [0.5, 0.6) is 0 Å². The monoisotopic (exact) mass is 531 g/mol. The summed E-state index contributed by atoms with van der Waals surface area (Å²) >= 11 is 6.55. The smallest absolute Gasteiger partial charge is 0.262 e. The molecule has 0 fully saturated rings. The van der Waals surface area contributed by atoms with Gasteiger partial charge in [-0.25, -0.2) is 0 Å². The summed E-state index contributed by atoms with van der Waals surface area (Å²) in [5.41, 5.74) is 3.39. The van der Waals surface area contributed by atoms with Crippen LogP contribution in [0.3, 0.4) is 0 Å². The second-order valence-corrected chi connectivity index (χ2v) is 9.66. The van der Waals surface area contributed by atoms with Gasteiger partial charge in [-0.15, -0.1) is 0 Å². The molecule has 2 atom stereocenters. The van der Waals surface area contributed by atoms with E-state index >= 15 is 0 Å². The number of halogens is 1. The van der Waals surface area contributed by atoms with E-state index in [4.69, 9.17) is 11.6 Å². The standard InChI is InChI=1S/C30H30ClN3O4/c1-5-24(34-28(36)20-14-7-8-15-21(20)29(34)37)30(38)33(6-2)26(22-16-9-10-17-23(22)31)27(35)32-25-18(3)12-11-13-19(25)4/h7-17,24,26H,5-6H2,1-4H3,(H,32,35)/t24-,26-/m0/s1. The number of anilines is 1. The van der Waals surface area contributed by atoms with E-state index in [0.717, 1.165) is 16.0 Å². The molecule has 0 saturated carbocycles. The number of benzene rings is 3. The van der Waals surface area contributed by atoms with Crippen molar-refractivity contribution in [3.05, 3.63) is 99.6 Å². The molecular formula is C30H30ClN3O4. The SMILES string of the molecule is CC[C@@H](C(=O)N(CC)[C@H](C(=O)Nc1c(C)cccc1C)c1ccccc1Cl)N1C(=O)c2ccccc2C1=O. The molecule has 8 heteroatoms. The molecule has 196 valence electrons. The Balaban J connectivity index is 1.74. The Labute approximate surface area is 227 Å². The van der Waals surface area contributed by atoms with Crippen molar-refractivity contribution in [1.29, 1.82) is 0 Å². The zero-order valence-corrected chi connectivity index (χ0v) is 22.6. The Morgan fingerprint density at radius 2 is 1.42 bits per heavy atom. The Morgan fingerprint density at radius 1 is 0.868 bits per heavy atom. The Kier molecular flexibility index (Phi) is 7.97. The van der Waals surface area contributed by atoms with E-state index < -0.39 is 35.7 Å². The maximum Gasteiger partial charge on any atom is 0.262 e. The van der Waals surface area contributed by atoms with Crippen molar-refractivity contribution in [3.8, 4) is 0 Å². The fraction of sp³-hybridized carbons (Fsp3) is 0.267. The van der Waals surface area contributed by atoms with Gasteiger partial charge >= 0.3 is 0 Å². The first-order valence-electron chi connectivity index (χ1n) is 12.6. The van der Waals surface area contributed by atoms with Crippen molar-refractivity contribution >= 4 is 40.9 Å². The molecule has 0 unspecified atom stereocenters. The largest absolute Gasteiger partial charge is 0.325 e. The lowest BCUT2D eigenvalue weighted by Crippen LogP contribution is -2.53. The third kappa shape index (κ3) is 4.82. The number of nitrogens with zero attached hydrogens (tertiary/aromatic N) is 2. The van der Waals surface area contributed by atoms with Gasteiger partial charge in [0.1, 0.15) is 12.1 Å². The van der Waals surface area contributed by atoms with Crippen molar-refractivity contribution in [3.63, 3.8) is 0 Å². The number of carbonyl (C=O) groups excluding carboxylic acids is 4. The van der Waals surface area contributed by atoms with Crippen LogP contribution >= 0.6 is 11.6 Å². The Bertz CT molecular complexity index is 1360. The molecule has 0 saturated heterocycles. The molecule has 1 aliphatic heterocycles. The third-order valence-corrected chi connectivity index (χ3v) is 7.27. The zero-order valence-electron chi connectivity index (χ0n) is 21.8. The van der Waals surface area contributed by atoms with Crippen LogP contribution in [0, 0.1) is 13.8 Å². The van der Waals surface area contributed by atoms with Crippen molar-refractivity contribution in [2.24, 2.45) is 0 Å². The third-order valence-electron chi connectivity index (χ3n) is 6.92. The van der Waals surface area contributed by atoms with Crippen molar-refractivity contribution in [2.75, 3.05) is 11.9 Å². The predicted octanol–water partition coefficient (Wildman–Crippen LogP) is 5.56. The van der Waals surface area contributed by atoms with Crippen LogP contribution in [0.4, 0.5) is 5.69 Å². The summed E-state index contributed by atoms with van der Waals surface area (Å²) in [5, 5.41) is 3.32. The van der Waals surface area contributed by atoms with E-state index in [9.17, 15) is 19.2 Å². The highest BCUT2D eigenvalue weighted by Gasteiger charge is 2.45. The molecule has 1 heterocycles. The minimum absolute atomic E-state index is 0.147. The summed E-state index contributed by atoms with van der Waals surface area (Å²) in [4.78, 5) is 56.8. The van der Waals surface area contributed by atoms with Crippen LogP contribution in [0.2, 0.25) is 5.02 Å². The van der Waals surface area contributed by atoms with Gasteiger partial charge in [0.15, 0.2) is 0 Å². The lowest BCUT2D eigenvalue weighted by atomic mass is 10.0. The van der Waals surface area contributed by atoms with Gasteiger partial charge < -0.3 is 10.2 Å². The van der Waals surface area contributed by atoms with Crippen molar-refractivity contribution in [1.82, 2.24) is 9.80 Å². The molecule has 7 nitrogen and oxygen atoms in total. The second kappa shape index (κ2) is 11.2. The molecule has 4 amide bonds. The highest BCUT2D eigenvalue weighted by atomic mass is 35.5. The van der Waals surface area contributed by atoms with Gasteiger partial charge in [-0.2, -0.15) is 0 Å². The summed E-state index contributed by atoms with van der Waals surface area (Å²) in [6.07, 6.45) is 0.189. The average molecular weight is 532 g/mol. The molecule has 0 aromatic heterocycles. The zero-order chi connectivity index (χ0) is 27.6. The van der Waals surface area contributed by atoms with Crippen LogP contribution in [0.1, 0.15) is 63.7 Å². The van der Waals surface area contributed by atoms with Crippen LogP contribution in [0.25, 0.3) is 0 Å². The van der Waals surface area contributed by atoms with Crippen LogP contribution in [-0.4, -0.2) is 46.0 Å². The Morgan fingerprint density at radius 3 is 1.95 bits per heavy atom. The quantitative estimate of drug-likeness (QED) is 0.385. The van der Waals surface area contributed by atoms with E-state index in [1.54, 1.807) is 62.4 Å². The van der Waals surface area contributed by atoms with E-state index in [0.29, 0.717) is 16.3 Å². The summed E-state index contributed by atoms with van der Waals surface area (Å²) in [6, 6.07) is 16.9. The van der Waals surface area contributed by atoms with Crippen LogP contribution in [-0.2, 0) is 9.59 Å². The minimum Gasteiger partial charge on any atom is -0.325 e. The molecule has 3 aromatic rings. The van der Waals surface area contributed by atoms with Crippen molar-refractivity contribution in [2.45, 2.75) is 46.2 Å².